The van der Waals surface area contributed by atoms with Crippen molar-refractivity contribution in [1.29, 1.82) is 0 Å². The third kappa shape index (κ3) is 5.46. The number of carbonyl (C=O) groups excluding carboxylic acids is 2. The number of rotatable bonds is 5. The van der Waals surface area contributed by atoms with E-state index in [1.54, 1.807) is 0 Å². The topological polar surface area (TPSA) is 99.1 Å². The first kappa shape index (κ1) is 27.7. The first-order valence-electron chi connectivity index (χ1n) is 13.1. The number of anilines is 1. The van der Waals surface area contributed by atoms with E-state index in [1.165, 1.54) is 12.1 Å². The van der Waals surface area contributed by atoms with Gasteiger partial charge < -0.3 is 19.8 Å². The molecule has 1 aliphatic heterocycles. The summed E-state index contributed by atoms with van der Waals surface area (Å²) in [5.74, 6) is -0.344. The standard InChI is InChI=1S/C27H37F3N2O5/c1-25-11-10-22(37-24(36)31-18-7-5-6-17(14-18)27(28,29)30)26(2,16-33)21(25)9-8-20(34)19(25)15-23(35)32-12-3-4-13-32/h5-7,14,19-22,33-34H,3-4,8-13,15-16H2,1-2H3,(H,31,36)/t19-,20-,21?,22-,25+,26+/m1/s1. The summed E-state index contributed by atoms with van der Waals surface area (Å²) in [6.07, 6.45) is -2.42. The summed E-state index contributed by atoms with van der Waals surface area (Å²) < 4.78 is 44.8. The van der Waals surface area contributed by atoms with Gasteiger partial charge in [-0.25, -0.2) is 4.79 Å². The second kappa shape index (κ2) is 10.4. The molecule has 1 unspecified atom stereocenters. The van der Waals surface area contributed by atoms with Crippen molar-refractivity contribution in [3.63, 3.8) is 0 Å². The number of likely N-dealkylation sites (tertiary alicyclic amines) is 1. The smallest absolute Gasteiger partial charge is 0.416 e. The number of nitrogens with one attached hydrogen (secondary N) is 1. The van der Waals surface area contributed by atoms with Crippen molar-refractivity contribution in [2.24, 2.45) is 22.7 Å². The van der Waals surface area contributed by atoms with Crippen molar-refractivity contribution < 1.29 is 37.7 Å². The molecular weight excluding hydrogens is 489 g/mol. The molecular formula is C27H37F3N2O5. The Morgan fingerprint density at radius 2 is 1.86 bits per heavy atom. The van der Waals surface area contributed by atoms with Crippen molar-refractivity contribution in [3.8, 4) is 0 Å². The van der Waals surface area contributed by atoms with Crippen molar-refractivity contribution in [2.45, 2.75) is 77.2 Å². The number of ether oxygens (including phenoxy) is 1. The average molecular weight is 527 g/mol. The van der Waals surface area contributed by atoms with Gasteiger partial charge >= 0.3 is 12.3 Å². The predicted molar refractivity (Wildman–Crippen MR) is 131 cm³/mol. The lowest BCUT2D eigenvalue weighted by atomic mass is 9.46. The zero-order valence-electron chi connectivity index (χ0n) is 21.4. The molecule has 10 heteroatoms. The molecule has 2 saturated carbocycles. The summed E-state index contributed by atoms with van der Waals surface area (Å²) >= 11 is 0. The SMILES string of the molecule is C[C@]1(CO)C2CC[C@@H](O)[C@@H](CC(=O)N3CCCC3)[C@]2(C)CC[C@H]1OC(=O)Nc1cccc(C(F)(F)F)c1. The number of hydrogen-bond donors (Lipinski definition) is 3. The van der Waals surface area contributed by atoms with Crippen LogP contribution in [0.5, 0.6) is 0 Å². The number of halogens is 3. The van der Waals surface area contributed by atoms with E-state index in [0.29, 0.717) is 25.7 Å². The average Bonchev–Trinajstić information content (AvgIpc) is 3.38. The molecule has 2 aliphatic carbocycles. The summed E-state index contributed by atoms with van der Waals surface area (Å²) in [5, 5.41) is 23.9. The van der Waals surface area contributed by atoms with E-state index in [0.717, 1.165) is 38.1 Å². The highest BCUT2D eigenvalue weighted by atomic mass is 19.4. The number of hydrogen-bond acceptors (Lipinski definition) is 5. The molecule has 1 heterocycles. The lowest BCUT2D eigenvalue weighted by Crippen LogP contribution is -2.61. The van der Waals surface area contributed by atoms with Crippen LogP contribution < -0.4 is 5.32 Å². The lowest BCUT2D eigenvalue weighted by Gasteiger charge is -2.60. The number of aliphatic hydroxyl groups is 2. The van der Waals surface area contributed by atoms with E-state index in [2.05, 4.69) is 12.2 Å². The molecule has 206 valence electrons. The van der Waals surface area contributed by atoms with Crippen molar-refractivity contribution in [1.82, 2.24) is 4.90 Å². The normalized spacial score (nSPS) is 34.1. The summed E-state index contributed by atoms with van der Waals surface area (Å²) in [5.41, 5.74) is -2.20. The Bertz CT molecular complexity index is 998. The molecule has 3 fully saturated rings. The maximum atomic E-state index is 13.0. The second-order valence-corrected chi connectivity index (χ2v) is 11.4. The number of carbonyl (C=O) groups is 2. The minimum atomic E-state index is -4.54. The molecule has 0 radical (unpaired) electrons. The Hall–Kier alpha value is -2.33. The van der Waals surface area contributed by atoms with E-state index in [9.17, 15) is 33.0 Å². The van der Waals surface area contributed by atoms with E-state index in [4.69, 9.17) is 4.74 Å². The van der Waals surface area contributed by atoms with Crippen LogP contribution in [0.15, 0.2) is 24.3 Å². The minimum Gasteiger partial charge on any atom is -0.445 e. The van der Waals surface area contributed by atoms with Gasteiger partial charge in [0.15, 0.2) is 0 Å². The molecule has 1 saturated heterocycles. The first-order valence-corrected chi connectivity index (χ1v) is 13.1. The Kier molecular flexibility index (Phi) is 7.82. The summed E-state index contributed by atoms with van der Waals surface area (Å²) in [4.78, 5) is 27.6. The Morgan fingerprint density at radius 3 is 2.51 bits per heavy atom. The van der Waals surface area contributed by atoms with Gasteiger partial charge in [-0.05, 0) is 74.0 Å². The molecule has 0 bridgehead atoms. The lowest BCUT2D eigenvalue weighted by molar-refractivity contribution is -0.186. The van der Waals surface area contributed by atoms with Gasteiger partial charge in [-0.1, -0.05) is 19.9 Å². The Labute approximate surface area is 215 Å². The molecule has 0 spiro atoms. The van der Waals surface area contributed by atoms with Crippen molar-refractivity contribution in [2.75, 3.05) is 25.0 Å². The largest absolute Gasteiger partial charge is 0.445 e. The van der Waals surface area contributed by atoms with Crippen LogP contribution in [-0.2, 0) is 15.7 Å². The van der Waals surface area contributed by atoms with Gasteiger partial charge in [0.05, 0.1) is 18.3 Å². The molecule has 3 N–H and O–H groups in total. The van der Waals surface area contributed by atoms with E-state index < -0.39 is 40.9 Å². The molecule has 4 rings (SSSR count). The molecule has 1 aromatic carbocycles. The number of amides is 2. The maximum absolute atomic E-state index is 13.0. The minimum absolute atomic E-state index is 0.0348. The number of fused-ring (bicyclic) bond motifs is 1. The van der Waals surface area contributed by atoms with Crippen LogP contribution in [0.2, 0.25) is 0 Å². The van der Waals surface area contributed by atoms with Crippen molar-refractivity contribution in [3.05, 3.63) is 29.8 Å². The van der Waals surface area contributed by atoms with E-state index in [-0.39, 0.29) is 36.5 Å². The monoisotopic (exact) mass is 526 g/mol. The van der Waals surface area contributed by atoms with Gasteiger partial charge in [-0.3, -0.25) is 10.1 Å². The molecule has 6 atom stereocenters. The summed E-state index contributed by atoms with van der Waals surface area (Å²) in [6.45, 7) is 5.14. The van der Waals surface area contributed by atoms with Gasteiger partial charge in [0.2, 0.25) is 5.91 Å². The summed E-state index contributed by atoms with van der Waals surface area (Å²) in [7, 11) is 0. The molecule has 37 heavy (non-hydrogen) atoms. The molecule has 7 nitrogen and oxygen atoms in total. The number of benzene rings is 1. The van der Waals surface area contributed by atoms with Crippen molar-refractivity contribution >= 4 is 17.7 Å². The number of nitrogens with zero attached hydrogens (tertiary/aromatic N) is 1. The fraction of sp³-hybridized carbons (Fsp3) is 0.704. The predicted octanol–water partition coefficient (Wildman–Crippen LogP) is 4.82. The molecule has 0 aromatic heterocycles. The van der Waals surface area contributed by atoms with Gasteiger partial charge in [0, 0.05) is 30.6 Å². The Balaban J connectivity index is 1.49. The van der Waals surface area contributed by atoms with Gasteiger partial charge in [-0.2, -0.15) is 13.2 Å². The van der Waals surface area contributed by atoms with Gasteiger partial charge in [-0.15, -0.1) is 0 Å². The Morgan fingerprint density at radius 1 is 1.16 bits per heavy atom. The third-order valence-corrected chi connectivity index (χ3v) is 9.22. The zero-order chi connectivity index (χ0) is 27.0. The van der Waals surface area contributed by atoms with Crippen LogP contribution in [0.4, 0.5) is 23.7 Å². The molecule has 1 aromatic rings. The number of aliphatic hydroxyl groups excluding tert-OH is 2. The van der Waals surface area contributed by atoms with E-state index >= 15 is 0 Å². The fourth-order valence-corrected chi connectivity index (χ4v) is 7.11. The maximum Gasteiger partial charge on any atom is 0.416 e. The van der Waals surface area contributed by atoms with Gasteiger partial charge in [0.1, 0.15) is 6.10 Å². The highest BCUT2D eigenvalue weighted by Crippen LogP contribution is 2.61. The molecule has 2 amide bonds. The third-order valence-electron chi connectivity index (χ3n) is 9.22. The second-order valence-electron chi connectivity index (χ2n) is 11.4. The zero-order valence-corrected chi connectivity index (χ0v) is 21.4. The highest BCUT2D eigenvalue weighted by Gasteiger charge is 2.60. The number of alkyl halides is 3. The molecule has 3 aliphatic rings. The van der Waals surface area contributed by atoms with Crippen LogP contribution in [0.1, 0.15) is 64.4 Å². The van der Waals surface area contributed by atoms with Crippen LogP contribution in [0, 0.1) is 22.7 Å². The van der Waals surface area contributed by atoms with Crippen LogP contribution in [-0.4, -0.2) is 59.0 Å². The first-order chi connectivity index (χ1) is 17.4. The summed E-state index contributed by atoms with van der Waals surface area (Å²) in [6, 6.07) is 4.32. The van der Waals surface area contributed by atoms with Crippen LogP contribution in [0.3, 0.4) is 0 Å². The van der Waals surface area contributed by atoms with Crippen LogP contribution in [0.25, 0.3) is 0 Å². The van der Waals surface area contributed by atoms with Gasteiger partial charge in [0.25, 0.3) is 0 Å². The van der Waals surface area contributed by atoms with E-state index in [1.807, 2.05) is 11.8 Å². The van der Waals surface area contributed by atoms with Crippen LogP contribution >= 0.6 is 0 Å². The highest BCUT2D eigenvalue weighted by molar-refractivity contribution is 5.84. The quantitative estimate of drug-likeness (QED) is 0.511. The fourth-order valence-electron chi connectivity index (χ4n) is 7.11.